The number of hydrogen-bond acceptors (Lipinski definition) is 2. The summed E-state index contributed by atoms with van der Waals surface area (Å²) in [6.07, 6.45) is 2.31. The summed E-state index contributed by atoms with van der Waals surface area (Å²) in [5, 5.41) is 8.33. The molecule has 0 saturated carbocycles. The first-order valence-corrected chi connectivity index (χ1v) is 3.18. The van der Waals surface area contributed by atoms with Crippen molar-refractivity contribution in [3.8, 4) is 0 Å². The van der Waals surface area contributed by atoms with Gasteiger partial charge in [-0.25, -0.2) is 4.79 Å². The molecule has 0 aromatic rings. The van der Waals surface area contributed by atoms with Gasteiger partial charge in [0.05, 0.1) is 0 Å². The van der Waals surface area contributed by atoms with Crippen LogP contribution in [0.3, 0.4) is 0 Å². The second-order valence-electron chi connectivity index (χ2n) is 2.13. The van der Waals surface area contributed by atoms with Gasteiger partial charge in [-0.2, -0.15) is 0 Å². The zero-order valence-corrected chi connectivity index (χ0v) is 5.75. The lowest BCUT2D eigenvalue weighted by molar-refractivity contribution is -0.409. The van der Waals surface area contributed by atoms with E-state index in [0.29, 0.717) is 19.3 Å². The SMILES string of the molecule is [NH3+]C(CCCC=O)C(=O)O. The molecular weight excluding hydrogens is 134 g/mol. The molecular formula is C6H12NO3+. The minimum atomic E-state index is -0.897. The molecule has 0 rings (SSSR count). The molecule has 10 heavy (non-hydrogen) atoms. The minimum absolute atomic E-state index is 0.430. The van der Waals surface area contributed by atoms with Crippen molar-refractivity contribution in [2.45, 2.75) is 25.3 Å². The standard InChI is InChI=1S/C6H11NO3/c7-5(6(9)10)3-1-2-4-8/h4-5H,1-3,7H2,(H,9,10)/p+1. The van der Waals surface area contributed by atoms with Crippen LogP contribution in [-0.4, -0.2) is 23.4 Å². The van der Waals surface area contributed by atoms with Crippen LogP contribution in [0.4, 0.5) is 0 Å². The normalized spacial score (nSPS) is 12.5. The van der Waals surface area contributed by atoms with Crippen molar-refractivity contribution in [2.24, 2.45) is 0 Å². The van der Waals surface area contributed by atoms with E-state index in [9.17, 15) is 9.59 Å². The molecule has 0 aliphatic carbocycles. The van der Waals surface area contributed by atoms with Gasteiger partial charge >= 0.3 is 5.97 Å². The van der Waals surface area contributed by atoms with E-state index in [1.54, 1.807) is 0 Å². The third-order valence-corrected chi connectivity index (χ3v) is 1.22. The zero-order chi connectivity index (χ0) is 7.98. The van der Waals surface area contributed by atoms with Crippen LogP contribution in [0.2, 0.25) is 0 Å². The van der Waals surface area contributed by atoms with Gasteiger partial charge < -0.3 is 15.6 Å². The maximum Gasteiger partial charge on any atom is 0.362 e. The maximum absolute atomic E-state index is 10.1. The average molecular weight is 146 g/mol. The highest BCUT2D eigenvalue weighted by atomic mass is 16.4. The molecule has 0 aromatic carbocycles. The van der Waals surface area contributed by atoms with Crippen LogP contribution in [0.1, 0.15) is 19.3 Å². The van der Waals surface area contributed by atoms with Gasteiger partial charge in [0.2, 0.25) is 0 Å². The Bertz CT molecular complexity index is 124. The largest absolute Gasteiger partial charge is 0.477 e. The second kappa shape index (κ2) is 4.93. The van der Waals surface area contributed by atoms with Crippen LogP contribution < -0.4 is 5.73 Å². The van der Waals surface area contributed by atoms with E-state index in [-0.39, 0.29) is 0 Å². The van der Waals surface area contributed by atoms with E-state index in [1.165, 1.54) is 0 Å². The molecule has 0 heterocycles. The van der Waals surface area contributed by atoms with Crippen molar-refractivity contribution in [1.82, 2.24) is 0 Å². The van der Waals surface area contributed by atoms with Crippen molar-refractivity contribution in [3.05, 3.63) is 0 Å². The van der Waals surface area contributed by atoms with Crippen LogP contribution in [0.15, 0.2) is 0 Å². The van der Waals surface area contributed by atoms with Crippen LogP contribution in [0, 0.1) is 0 Å². The van der Waals surface area contributed by atoms with Gasteiger partial charge in [-0.3, -0.25) is 0 Å². The molecule has 0 aromatic heterocycles. The third-order valence-electron chi connectivity index (χ3n) is 1.22. The van der Waals surface area contributed by atoms with E-state index in [1.807, 2.05) is 0 Å². The number of carboxylic acids is 1. The highest BCUT2D eigenvalue weighted by molar-refractivity contribution is 5.71. The Morgan fingerprint density at radius 3 is 2.70 bits per heavy atom. The molecule has 4 N–H and O–H groups in total. The molecule has 0 saturated heterocycles. The van der Waals surface area contributed by atoms with Crippen LogP contribution in [0.25, 0.3) is 0 Å². The summed E-state index contributed by atoms with van der Waals surface area (Å²) in [6.45, 7) is 0. The van der Waals surface area contributed by atoms with Gasteiger partial charge in [-0.1, -0.05) is 0 Å². The van der Waals surface area contributed by atoms with E-state index in [0.717, 1.165) is 6.29 Å². The van der Waals surface area contributed by atoms with Crippen molar-refractivity contribution >= 4 is 12.3 Å². The summed E-state index contributed by atoms with van der Waals surface area (Å²) in [5.41, 5.74) is 3.39. The Hall–Kier alpha value is -0.900. The predicted molar refractivity (Wildman–Crippen MR) is 34.2 cm³/mol. The number of rotatable bonds is 5. The maximum atomic E-state index is 10.1. The Morgan fingerprint density at radius 1 is 1.70 bits per heavy atom. The molecule has 0 amide bonds. The monoisotopic (exact) mass is 146 g/mol. The lowest BCUT2D eigenvalue weighted by atomic mass is 10.1. The summed E-state index contributed by atoms with van der Waals surface area (Å²) in [5.74, 6) is -0.897. The molecule has 1 unspecified atom stereocenters. The zero-order valence-electron chi connectivity index (χ0n) is 5.75. The van der Waals surface area contributed by atoms with E-state index < -0.39 is 12.0 Å². The molecule has 0 bridgehead atoms. The van der Waals surface area contributed by atoms with Gasteiger partial charge in [-0.15, -0.1) is 0 Å². The van der Waals surface area contributed by atoms with Gasteiger partial charge in [-0.05, 0) is 6.42 Å². The summed E-state index contributed by atoms with van der Waals surface area (Å²) in [7, 11) is 0. The third kappa shape index (κ3) is 4.03. The lowest BCUT2D eigenvalue weighted by Gasteiger charge is -1.98. The first kappa shape index (κ1) is 9.10. The van der Waals surface area contributed by atoms with E-state index >= 15 is 0 Å². The van der Waals surface area contributed by atoms with Crippen molar-refractivity contribution in [3.63, 3.8) is 0 Å². The Morgan fingerprint density at radius 2 is 2.30 bits per heavy atom. The van der Waals surface area contributed by atoms with Gasteiger partial charge in [0, 0.05) is 12.8 Å². The number of carboxylic acid groups (broad SMARTS) is 1. The molecule has 0 aliphatic heterocycles. The van der Waals surface area contributed by atoms with E-state index in [2.05, 4.69) is 5.73 Å². The van der Waals surface area contributed by atoms with Crippen LogP contribution in [0.5, 0.6) is 0 Å². The highest BCUT2D eigenvalue weighted by Gasteiger charge is 2.13. The Labute approximate surface area is 59.0 Å². The Balaban J connectivity index is 3.30. The molecule has 1 atom stereocenters. The molecule has 4 nitrogen and oxygen atoms in total. The smallest absolute Gasteiger partial charge is 0.362 e. The second-order valence-corrected chi connectivity index (χ2v) is 2.13. The first-order chi connectivity index (χ1) is 4.68. The summed E-state index contributed by atoms with van der Waals surface area (Å²) in [4.78, 5) is 19.9. The summed E-state index contributed by atoms with van der Waals surface area (Å²) < 4.78 is 0. The molecule has 0 aliphatic rings. The lowest BCUT2D eigenvalue weighted by Crippen LogP contribution is -2.64. The fourth-order valence-corrected chi connectivity index (χ4v) is 0.571. The van der Waals surface area contributed by atoms with Gasteiger partial charge in [0.25, 0.3) is 0 Å². The summed E-state index contributed by atoms with van der Waals surface area (Å²) in [6, 6.07) is -0.569. The van der Waals surface area contributed by atoms with Crippen LogP contribution >= 0.6 is 0 Å². The number of unbranched alkanes of at least 4 members (excludes halogenated alkanes) is 1. The fraction of sp³-hybridized carbons (Fsp3) is 0.667. The predicted octanol–water partition coefficient (Wildman–Crippen LogP) is -0.949. The number of aliphatic carboxylic acids is 1. The topological polar surface area (TPSA) is 82.0 Å². The number of carbonyl (C=O) groups is 2. The number of quaternary nitrogens is 1. The molecule has 58 valence electrons. The van der Waals surface area contributed by atoms with Crippen molar-refractivity contribution in [2.75, 3.05) is 0 Å². The number of hydrogen-bond donors (Lipinski definition) is 2. The first-order valence-electron chi connectivity index (χ1n) is 3.18. The quantitative estimate of drug-likeness (QED) is 0.387. The molecule has 0 radical (unpaired) electrons. The highest BCUT2D eigenvalue weighted by Crippen LogP contribution is 1.94. The molecule has 0 spiro atoms. The summed E-state index contributed by atoms with van der Waals surface area (Å²) >= 11 is 0. The fourth-order valence-electron chi connectivity index (χ4n) is 0.571. The van der Waals surface area contributed by atoms with Gasteiger partial charge in [0.15, 0.2) is 6.04 Å². The van der Waals surface area contributed by atoms with E-state index in [4.69, 9.17) is 5.11 Å². The Kier molecular flexibility index (Phi) is 4.49. The minimum Gasteiger partial charge on any atom is -0.477 e. The van der Waals surface area contributed by atoms with Crippen molar-refractivity contribution < 1.29 is 20.4 Å². The molecule has 4 heteroatoms. The average Bonchev–Trinajstić information content (AvgIpc) is 1.88. The number of aldehydes is 1. The molecule has 0 fully saturated rings. The van der Waals surface area contributed by atoms with Crippen molar-refractivity contribution in [1.29, 1.82) is 0 Å². The number of carbonyl (C=O) groups excluding carboxylic acids is 1. The van der Waals surface area contributed by atoms with Gasteiger partial charge in [0.1, 0.15) is 6.29 Å². The van der Waals surface area contributed by atoms with Crippen LogP contribution in [-0.2, 0) is 9.59 Å².